The predicted molar refractivity (Wildman–Crippen MR) is 101 cm³/mol. The lowest BCUT2D eigenvalue weighted by atomic mass is 9.95. The van der Waals surface area contributed by atoms with Gasteiger partial charge >= 0.3 is 0 Å². The highest BCUT2D eigenvalue weighted by Gasteiger charge is 2.19. The summed E-state index contributed by atoms with van der Waals surface area (Å²) in [6.45, 7) is 1.73. The summed E-state index contributed by atoms with van der Waals surface area (Å²) in [6, 6.07) is 9.13. The Kier molecular flexibility index (Phi) is 4.75. The third kappa shape index (κ3) is 3.63. The molecule has 2 heterocycles. The van der Waals surface area contributed by atoms with Crippen molar-refractivity contribution >= 4 is 16.8 Å². The van der Waals surface area contributed by atoms with E-state index in [1.54, 1.807) is 6.92 Å². The number of benzene rings is 1. The van der Waals surface area contributed by atoms with E-state index < -0.39 is 0 Å². The van der Waals surface area contributed by atoms with Gasteiger partial charge in [0.15, 0.2) is 5.82 Å². The zero-order valence-electron chi connectivity index (χ0n) is 15.3. The first kappa shape index (κ1) is 17.5. The van der Waals surface area contributed by atoms with Gasteiger partial charge in [-0.15, -0.1) is 0 Å². The first-order valence-electron chi connectivity index (χ1n) is 9.34. The van der Waals surface area contributed by atoms with Crippen LogP contribution in [0, 0.1) is 6.92 Å². The van der Waals surface area contributed by atoms with Crippen LogP contribution in [0.3, 0.4) is 0 Å². The molecule has 1 N–H and O–H groups in total. The lowest BCUT2D eigenvalue weighted by molar-refractivity contribution is -0.122. The number of fused-ring (bicyclic) bond motifs is 1. The van der Waals surface area contributed by atoms with E-state index in [1.807, 2.05) is 24.3 Å². The third-order valence-corrected chi connectivity index (χ3v) is 5.05. The number of carbonyl (C=O) groups excluding carboxylic acids is 1. The molecule has 1 fully saturated rings. The van der Waals surface area contributed by atoms with Gasteiger partial charge in [0.1, 0.15) is 6.54 Å². The van der Waals surface area contributed by atoms with Crippen molar-refractivity contribution in [1.29, 1.82) is 0 Å². The number of rotatable bonds is 4. The van der Waals surface area contributed by atoms with Crippen LogP contribution in [-0.4, -0.2) is 26.7 Å². The fourth-order valence-corrected chi connectivity index (χ4v) is 3.74. The molecule has 2 aromatic heterocycles. The topological polar surface area (TPSA) is 90.0 Å². The summed E-state index contributed by atoms with van der Waals surface area (Å²) in [6.07, 6.45) is 5.54. The number of nitrogens with zero attached hydrogens (tertiary/aromatic N) is 3. The maximum Gasteiger partial charge on any atom is 0.258 e. The van der Waals surface area contributed by atoms with Gasteiger partial charge in [0, 0.05) is 17.5 Å². The van der Waals surface area contributed by atoms with Crippen LogP contribution >= 0.6 is 0 Å². The molecule has 7 nitrogen and oxygen atoms in total. The Hall–Kier alpha value is -2.96. The molecule has 4 rings (SSSR count). The highest BCUT2D eigenvalue weighted by Crippen LogP contribution is 2.26. The zero-order chi connectivity index (χ0) is 18.8. The second-order valence-electron chi connectivity index (χ2n) is 7.05. The molecule has 27 heavy (non-hydrogen) atoms. The van der Waals surface area contributed by atoms with E-state index in [0.717, 1.165) is 31.1 Å². The quantitative estimate of drug-likeness (QED) is 0.767. The van der Waals surface area contributed by atoms with Crippen LogP contribution in [0.2, 0.25) is 0 Å². The molecular weight excluding hydrogens is 344 g/mol. The maximum atomic E-state index is 12.8. The molecule has 7 heteroatoms. The van der Waals surface area contributed by atoms with Crippen molar-refractivity contribution in [3.63, 3.8) is 0 Å². The van der Waals surface area contributed by atoms with Gasteiger partial charge in [-0.2, -0.15) is 4.98 Å². The molecule has 0 saturated heterocycles. The Morgan fingerprint density at radius 2 is 2.04 bits per heavy atom. The van der Waals surface area contributed by atoms with Crippen molar-refractivity contribution < 1.29 is 9.32 Å². The second-order valence-corrected chi connectivity index (χ2v) is 7.05. The summed E-state index contributed by atoms with van der Waals surface area (Å²) in [5, 5.41) is 7.67. The van der Waals surface area contributed by atoms with Crippen LogP contribution < -0.4 is 10.9 Å². The number of aromatic nitrogens is 3. The number of hydrogen-bond donors (Lipinski definition) is 1. The smallest absolute Gasteiger partial charge is 0.258 e. The van der Waals surface area contributed by atoms with Crippen LogP contribution in [0.25, 0.3) is 22.4 Å². The molecular formula is C20H22N4O3. The minimum atomic E-state index is -0.265. The Labute approximate surface area is 156 Å². The van der Waals surface area contributed by atoms with E-state index in [4.69, 9.17) is 4.52 Å². The Bertz CT molecular complexity index is 1030. The van der Waals surface area contributed by atoms with Crippen LogP contribution in [-0.2, 0) is 11.3 Å². The van der Waals surface area contributed by atoms with Crippen molar-refractivity contribution in [1.82, 2.24) is 20.0 Å². The van der Waals surface area contributed by atoms with E-state index in [9.17, 15) is 9.59 Å². The molecule has 0 spiro atoms. The molecule has 0 bridgehead atoms. The average molecular weight is 366 g/mol. The second kappa shape index (κ2) is 7.34. The average Bonchev–Trinajstić information content (AvgIpc) is 3.11. The van der Waals surface area contributed by atoms with Crippen molar-refractivity contribution in [3.8, 4) is 11.5 Å². The van der Waals surface area contributed by atoms with E-state index in [-0.39, 0.29) is 24.1 Å². The fourth-order valence-electron chi connectivity index (χ4n) is 3.74. The molecule has 1 aromatic carbocycles. The largest absolute Gasteiger partial charge is 0.352 e. The van der Waals surface area contributed by atoms with Gasteiger partial charge in [0.2, 0.25) is 5.91 Å². The van der Waals surface area contributed by atoms with Gasteiger partial charge < -0.3 is 9.84 Å². The van der Waals surface area contributed by atoms with E-state index in [2.05, 4.69) is 15.5 Å². The molecule has 3 aromatic rings. The van der Waals surface area contributed by atoms with Crippen molar-refractivity contribution in [2.75, 3.05) is 0 Å². The maximum absolute atomic E-state index is 12.8. The monoisotopic (exact) mass is 366 g/mol. The fraction of sp³-hybridized carbons (Fsp3) is 0.400. The number of hydrogen-bond acceptors (Lipinski definition) is 5. The van der Waals surface area contributed by atoms with E-state index >= 15 is 0 Å². The predicted octanol–water partition coefficient (Wildman–Crippen LogP) is 2.81. The third-order valence-electron chi connectivity index (χ3n) is 5.05. The van der Waals surface area contributed by atoms with Crippen molar-refractivity contribution in [2.24, 2.45) is 0 Å². The lowest BCUT2D eigenvalue weighted by Crippen LogP contribution is -2.39. The van der Waals surface area contributed by atoms with Crippen molar-refractivity contribution in [3.05, 3.63) is 46.5 Å². The van der Waals surface area contributed by atoms with Crippen LogP contribution in [0.4, 0.5) is 0 Å². The summed E-state index contributed by atoms with van der Waals surface area (Å²) in [7, 11) is 0. The molecule has 1 aliphatic carbocycles. The van der Waals surface area contributed by atoms with Gasteiger partial charge in [-0.05, 0) is 25.8 Å². The summed E-state index contributed by atoms with van der Waals surface area (Å²) >= 11 is 0. The SMILES string of the molecule is Cc1noc(-c2cc(=O)n(CC(=O)NC3CCCCC3)c3ccccc23)n1. The summed E-state index contributed by atoms with van der Waals surface area (Å²) in [5.74, 6) is 0.681. The molecule has 0 aliphatic heterocycles. The molecule has 0 atom stereocenters. The molecule has 0 radical (unpaired) electrons. The number of nitrogens with one attached hydrogen (secondary N) is 1. The first-order valence-corrected chi connectivity index (χ1v) is 9.34. The van der Waals surface area contributed by atoms with Gasteiger partial charge in [-0.25, -0.2) is 0 Å². The molecule has 1 saturated carbocycles. The van der Waals surface area contributed by atoms with Gasteiger partial charge in [0.05, 0.1) is 11.1 Å². The van der Waals surface area contributed by atoms with Crippen LogP contribution in [0.1, 0.15) is 37.9 Å². The van der Waals surface area contributed by atoms with Crippen molar-refractivity contribution in [2.45, 2.75) is 51.6 Å². The van der Waals surface area contributed by atoms with E-state index in [1.165, 1.54) is 17.1 Å². The lowest BCUT2D eigenvalue weighted by Gasteiger charge is -2.23. The highest BCUT2D eigenvalue weighted by atomic mass is 16.5. The molecule has 0 unspecified atom stereocenters. The summed E-state index contributed by atoms with van der Waals surface area (Å²) in [5.41, 5.74) is 0.994. The molecule has 1 aliphatic rings. The minimum Gasteiger partial charge on any atom is -0.352 e. The van der Waals surface area contributed by atoms with Crippen LogP contribution in [0.15, 0.2) is 39.6 Å². The Morgan fingerprint density at radius 3 is 2.78 bits per heavy atom. The number of carbonyl (C=O) groups is 1. The number of aryl methyl sites for hydroxylation is 1. The van der Waals surface area contributed by atoms with Gasteiger partial charge in [-0.3, -0.25) is 14.2 Å². The molecule has 1 amide bonds. The summed E-state index contributed by atoms with van der Waals surface area (Å²) < 4.78 is 6.75. The Balaban J connectivity index is 1.68. The minimum absolute atomic E-state index is 0.00100. The van der Waals surface area contributed by atoms with Crippen LogP contribution in [0.5, 0.6) is 0 Å². The normalized spacial score (nSPS) is 15.1. The first-order chi connectivity index (χ1) is 13.1. The zero-order valence-corrected chi connectivity index (χ0v) is 15.3. The standard InChI is InChI=1S/C20H22N4O3/c1-13-21-20(27-23-13)16-11-19(26)24(17-10-6-5-9-15(16)17)12-18(25)22-14-7-3-2-4-8-14/h5-6,9-11,14H,2-4,7-8,12H2,1H3,(H,22,25). The van der Waals surface area contributed by atoms with E-state index in [0.29, 0.717) is 22.8 Å². The molecule has 140 valence electrons. The summed E-state index contributed by atoms with van der Waals surface area (Å²) in [4.78, 5) is 29.5. The van der Waals surface area contributed by atoms with Gasteiger partial charge in [0.25, 0.3) is 11.4 Å². The number of para-hydroxylation sites is 1. The number of amides is 1. The number of pyridine rings is 1. The highest BCUT2D eigenvalue weighted by molar-refractivity contribution is 5.93. The Morgan fingerprint density at radius 1 is 1.26 bits per heavy atom. The van der Waals surface area contributed by atoms with Gasteiger partial charge in [-0.1, -0.05) is 42.6 Å².